The molecule has 0 spiro atoms. The Morgan fingerprint density at radius 1 is 1.09 bits per heavy atom. The average Bonchev–Trinajstić information content (AvgIpc) is 3.21. The molecule has 1 unspecified atom stereocenters. The van der Waals surface area contributed by atoms with Gasteiger partial charge in [0.15, 0.2) is 0 Å². The van der Waals surface area contributed by atoms with E-state index in [0.717, 1.165) is 38.4 Å². The van der Waals surface area contributed by atoms with Crippen LogP contribution in [0, 0.1) is 5.92 Å². The quantitative estimate of drug-likeness (QED) is 0.665. The molecule has 1 N–H and O–H groups in total. The molecule has 4 rings (SSSR count). The van der Waals surface area contributed by atoms with Gasteiger partial charge in [0.25, 0.3) is 0 Å². The van der Waals surface area contributed by atoms with Crippen molar-refractivity contribution in [2.45, 2.75) is 20.3 Å². The molecular formula is C25H31ClN4O3. The van der Waals surface area contributed by atoms with Crippen molar-refractivity contribution < 1.29 is 14.3 Å². The standard InChI is InChI=1S/C25H31ClN4O3/c1-3-28-11-13-29(14-12-28)21-10-9-19(26)16-20(21)27-25(32)18-15-24(31)30(17-18)22-7-5-6-8-23(22)33-4-2/h5-10,16,18H,3-4,11-15,17H2,1-2H3,(H,27,32). The van der Waals surface area contributed by atoms with E-state index in [1.807, 2.05) is 43.3 Å². The van der Waals surface area contributed by atoms with Gasteiger partial charge >= 0.3 is 0 Å². The minimum absolute atomic E-state index is 0.0793. The Morgan fingerprint density at radius 3 is 2.58 bits per heavy atom. The number of rotatable bonds is 7. The number of hydrogen-bond acceptors (Lipinski definition) is 5. The van der Waals surface area contributed by atoms with Crippen molar-refractivity contribution in [1.82, 2.24) is 4.90 Å². The number of carbonyl (C=O) groups is 2. The summed E-state index contributed by atoms with van der Waals surface area (Å²) in [6.07, 6.45) is 0.164. The maximum Gasteiger partial charge on any atom is 0.229 e. The molecule has 0 bridgehead atoms. The largest absolute Gasteiger partial charge is 0.492 e. The van der Waals surface area contributed by atoms with Crippen LogP contribution in [-0.2, 0) is 9.59 Å². The van der Waals surface area contributed by atoms with E-state index < -0.39 is 5.92 Å². The first-order chi connectivity index (χ1) is 16.0. The van der Waals surface area contributed by atoms with Crippen molar-refractivity contribution in [2.75, 3.05) is 61.0 Å². The van der Waals surface area contributed by atoms with E-state index in [1.54, 1.807) is 11.0 Å². The van der Waals surface area contributed by atoms with E-state index in [-0.39, 0.29) is 18.2 Å². The van der Waals surface area contributed by atoms with E-state index in [2.05, 4.69) is 22.0 Å². The zero-order chi connectivity index (χ0) is 23.4. The number of piperazine rings is 1. The number of amides is 2. The van der Waals surface area contributed by atoms with Crippen molar-refractivity contribution in [3.05, 3.63) is 47.5 Å². The van der Waals surface area contributed by atoms with E-state index in [4.69, 9.17) is 16.3 Å². The summed E-state index contributed by atoms with van der Waals surface area (Å²) < 4.78 is 5.68. The molecule has 2 aliphatic heterocycles. The van der Waals surface area contributed by atoms with Gasteiger partial charge in [-0.25, -0.2) is 0 Å². The van der Waals surface area contributed by atoms with Crippen LogP contribution in [0.15, 0.2) is 42.5 Å². The van der Waals surface area contributed by atoms with Gasteiger partial charge in [0.05, 0.1) is 29.6 Å². The lowest BCUT2D eigenvalue weighted by atomic mass is 10.1. The molecule has 0 aromatic heterocycles. The van der Waals surface area contributed by atoms with Gasteiger partial charge in [-0.1, -0.05) is 30.7 Å². The second-order valence-corrected chi connectivity index (χ2v) is 8.81. The predicted molar refractivity (Wildman–Crippen MR) is 132 cm³/mol. The molecule has 2 aromatic carbocycles. The molecule has 0 radical (unpaired) electrons. The van der Waals surface area contributed by atoms with Crippen molar-refractivity contribution in [2.24, 2.45) is 5.92 Å². The van der Waals surface area contributed by atoms with Gasteiger partial charge in [-0.05, 0) is 43.8 Å². The summed E-state index contributed by atoms with van der Waals surface area (Å²) in [5.41, 5.74) is 2.36. The maximum atomic E-state index is 13.2. The molecule has 33 heavy (non-hydrogen) atoms. The molecular weight excluding hydrogens is 440 g/mol. The van der Waals surface area contributed by atoms with Gasteiger partial charge in [0.2, 0.25) is 11.8 Å². The Balaban J connectivity index is 1.48. The van der Waals surface area contributed by atoms with Gasteiger partial charge in [-0.3, -0.25) is 9.59 Å². The highest BCUT2D eigenvalue weighted by Crippen LogP contribution is 2.35. The van der Waals surface area contributed by atoms with Crippen LogP contribution < -0.4 is 19.9 Å². The van der Waals surface area contributed by atoms with Crippen molar-refractivity contribution in [3.8, 4) is 5.75 Å². The van der Waals surface area contributed by atoms with Gasteiger partial charge in [-0.15, -0.1) is 0 Å². The lowest BCUT2D eigenvalue weighted by Crippen LogP contribution is -2.46. The number of anilines is 3. The summed E-state index contributed by atoms with van der Waals surface area (Å²) in [5.74, 6) is -0.0477. The van der Waals surface area contributed by atoms with E-state index in [0.29, 0.717) is 35.3 Å². The normalized spacial score (nSPS) is 19.1. The first kappa shape index (κ1) is 23.4. The molecule has 0 aliphatic carbocycles. The summed E-state index contributed by atoms with van der Waals surface area (Å²) in [7, 11) is 0. The monoisotopic (exact) mass is 470 g/mol. The summed E-state index contributed by atoms with van der Waals surface area (Å²) in [5, 5.41) is 3.63. The Kier molecular flexibility index (Phi) is 7.40. The minimum atomic E-state index is -0.448. The molecule has 7 nitrogen and oxygen atoms in total. The molecule has 2 fully saturated rings. The lowest BCUT2D eigenvalue weighted by molar-refractivity contribution is -0.122. The second-order valence-electron chi connectivity index (χ2n) is 8.38. The highest BCUT2D eigenvalue weighted by atomic mass is 35.5. The number of nitrogens with one attached hydrogen (secondary N) is 1. The zero-order valence-electron chi connectivity index (χ0n) is 19.2. The van der Waals surface area contributed by atoms with E-state index in [9.17, 15) is 9.59 Å². The Morgan fingerprint density at radius 2 is 1.85 bits per heavy atom. The predicted octanol–water partition coefficient (Wildman–Crippen LogP) is 3.87. The third-order valence-electron chi connectivity index (χ3n) is 6.33. The first-order valence-electron chi connectivity index (χ1n) is 11.6. The highest BCUT2D eigenvalue weighted by molar-refractivity contribution is 6.31. The lowest BCUT2D eigenvalue weighted by Gasteiger charge is -2.36. The molecule has 2 saturated heterocycles. The van der Waals surface area contributed by atoms with Crippen LogP contribution in [0.1, 0.15) is 20.3 Å². The van der Waals surface area contributed by atoms with Crippen LogP contribution >= 0.6 is 11.6 Å². The van der Waals surface area contributed by atoms with Crippen LogP contribution in [0.25, 0.3) is 0 Å². The highest BCUT2D eigenvalue weighted by Gasteiger charge is 2.36. The SMILES string of the molecule is CCOc1ccccc1N1CC(C(=O)Nc2cc(Cl)ccc2N2CCN(CC)CC2)CC1=O. The van der Waals surface area contributed by atoms with Crippen molar-refractivity contribution in [3.63, 3.8) is 0 Å². The van der Waals surface area contributed by atoms with Crippen LogP contribution in [0.5, 0.6) is 5.75 Å². The van der Waals surface area contributed by atoms with Crippen LogP contribution in [-0.4, -0.2) is 62.6 Å². The fourth-order valence-electron chi connectivity index (χ4n) is 4.50. The minimum Gasteiger partial charge on any atom is -0.492 e. The van der Waals surface area contributed by atoms with E-state index >= 15 is 0 Å². The smallest absolute Gasteiger partial charge is 0.229 e. The summed E-state index contributed by atoms with van der Waals surface area (Å²) >= 11 is 6.26. The third kappa shape index (κ3) is 5.25. The first-order valence-corrected chi connectivity index (χ1v) is 12.0. The number of carbonyl (C=O) groups excluding carboxylic acids is 2. The Hall–Kier alpha value is -2.77. The number of nitrogens with zero attached hydrogens (tertiary/aromatic N) is 3. The summed E-state index contributed by atoms with van der Waals surface area (Å²) in [6, 6.07) is 13.0. The van der Waals surface area contributed by atoms with Crippen molar-refractivity contribution >= 4 is 40.5 Å². The second kappa shape index (κ2) is 10.4. The van der Waals surface area contributed by atoms with Crippen molar-refractivity contribution in [1.29, 1.82) is 0 Å². The molecule has 2 aliphatic rings. The fourth-order valence-corrected chi connectivity index (χ4v) is 4.67. The van der Waals surface area contributed by atoms with Crippen LogP contribution in [0.4, 0.5) is 17.1 Å². The number of benzene rings is 2. The van der Waals surface area contributed by atoms with E-state index in [1.165, 1.54) is 0 Å². The molecule has 8 heteroatoms. The summed E-state index contributed by atoms with van der Waals surface area (Å²) in [6.45, 7) is 9.69. The Labute approximate surface area is 200 Å². The molecule has 2 heterocycles. The fraction of sp³-hybridized carbons (Fsp3) is 0.440. The van der Waals surface area contributed by atoms with Gasteiger partial charge < -0.3 is 24.8 Å². The van der Waals surface area contributed by atoms with Gasteiger partial charge in [0.1, 0.15) is 5.75 Å². The number of para-hydroxylation sites is 2. The maximum absolute atomic E-state index is 13.2. The van der Waals surface area contributed by atoms with Crippen LogP contribution in [0.2, 0.25) is 5.02 Å². The van der Waals surface area contributed by atoms with Gasteiger partial charge in [-0.2, -0.15) is 0 Å². The zero-order valence-corrected chi connectivity index (χ0v) is 20.0. The average molecular weight is 471 g/mol. The topological polar surface area (TPSA) is 65.1 Å². The number of halogens is 1. The molecule has 1 atom stereocenters. The molecule has 2 aromatic rings. The van der Waals surface area contributed by atoms with Crippen LogP contribution in [0.3, 0.4) is 0 Å². The number of ether oxygens (including phenoxy) is 1. The number of likely N-dealkylation sites (N-methyl/N-ethyl adjacent to an activating group) is 1. The molecule has 0 saturated carbocycles. The number of hydrogen-bond donors (Lipinski definition) is 1. The van der Waals surface area contributed by atoms with Gasteiger partial charge in [0, 0.05) is 44.2 Å². The Bertz CT molecular complexity index is 1010. The molecule has 176 valence electrons. The third-order valence-corrected chi connectivity index (χ3v) is 6.56. The summed E-state index contributed by atoms with van der Waals surface area (Å²) in [4.78, 5) is 32.3. The molecule has 2 amide bonds.